The van der Waals surface area contributed by atoms with Crippen molar-refractivity contribution in [2.45, 2.75) is 25.7 Å². The SMILES string of the molecule is Cc1cc(NC(=O)CSCC(=O)N2CCC(c3c[nH]c4ccccc34)CC2)no1. The number of hydrogen-bond donors (Lipinski definition) is 2. The van der Waals surface area contributed by atoms with E-state index in [1.165, 1.54) is 22.7 Å². The number of aryl methyl sites for hydroxylation is 1. The van der Waals surface area contributed by atoms with E-state index < -0.39 is 0 Å². The Morgan fingerprint density at radius 2 is 2.07 bits per heavy atom. The first-order valence-corrected chi connectivity index (χ1v) is 10.9. The number of anilines is 1. The maximum absolute atomic E-state index is 12.5. The largest absolute Gasteiger partial charge is 0.361 e. The van der Waals surface area contributed by atoms with E-state index in [1.807, 2.05) is 11.0 Å². The van der Waals surface area contributed by atoms with Gasteiger partial charge in [-0.15, -0.1) is 11.8 Å². The number of hydrogen-bond acceptors (Lipinski definition) is 5. The van der Waals surface area contributed by atoms with Crippen LogP contribution in [-0.2, 0) is 9.59 Å². The molecule has 0 unspecified atom stereocenters. The van der Waals surface area contributed by atoms with Crippen LogP contribution >= 0.6 is 11.8 Å². The Kier molecular flexibility index (Phi) is 5.89. The molecule has 2 aromatic heterocycles. The number of para-hydroxylation sites is 1. The number of aromatic amines is 1. The Morgan fingerprint density at radius 3 is 2.83 bits per heavy atom. The van der Waals surface area contributed by atoms with E-state index in [4.69, 9.17) is 4.52 Å². The van der Waals surface area contributed by atoms with Gasteiger partial charge in [-0.2, -0.15) is 0 Å². The number of fused-ring (bicyclic) bond motifs is 1. The molecule has 8 heteroatoms. The van der Waals surface area contributed by atoms with Crippen LogP contribution in [0.5, 0.6) is 0 Å². The predicted octanol–water partition coefficient (Wildman–Crippen LogP) is 3.54. The molecule has 0 bridgehead atoms. The second kappa shape index (κ2) is 8.73. The number of piperidine rings is 1. The fourth-order valence-electron chi connectivity index (χ4n) is 3.80. The maximum Gasteiger partial charge on any atom is 0.235 e. The van der Waals surface area contributed by atoms with Gasteiger partial charge in [-0.05, 0) is 37.3 Å². The number of benzene rings is 1. The minimum absolute atomic E-state index is 0.0949. The first-order valence-electron chi connectivity index (χ1n) is 9.75. The zero-order valence-electron chi connectivity index (χ0n) is 16.3. The number of rotatable bonds is 6. The quantitative estimate of drug-likeness (QED) is 0.646. The highest BCUT2D eigenvalue weighted by Crippen LogP contribution is 2.33. The first-order chi connectivity index (χ1) is 14.1. The molecule has 0 aliphatic carbocycles. The Bertz CT molecular complexity index is 1000. The predicted molar refractivity (Wildman–Crippen MR) is 114 cm³/mol. The minimum Gasteiger partial charge on any atom is -0.361 e. The van der Waals surface area contributed by atoms with Gasteiger partial charge in [0, 0.05) is 36.3 Å². The molecule has 4 rings (SSSR count). The summed E-state index contributed by atoms with van der Waals surface area (Å²) in [7, 11) is 0. The van der Waals surface area contributed by atoms with Gasteiger partial charge in [0.15, 0.2) is 5.82 Å². The van der Waals surface area contributed by atoms with E-state index in [0.717, 1.165) is 31.4 Å². The smallest absolute Gasteiger partial charge is 0.235 e. The molecule has 0 radical (unpaired) electrons. The van der Waals surface area contributed by atoms with E-state index >= 15 is 0 Å². The summed E-state index contributed by atoms with van der Waals surface area (Å²) in [5.41, 5.74) is 2.51. The third-order valence-corrected chi connectivity index (χ3v) is 6.18. The lowest BCUT2D eigenvalue weighted by Crippen LogP contribution is -2.39. The number of likely N-dealkylation sites (tertiary alicyclic amines) is 1. The number of amides is 2. The standard InChI is InChI=1S/C21H24N4O3S/c1-14-10-19(24-28-14)23-20(26)12-29-13-21(27)25-8-6-15(7-9-25)17-11-22-18-5-3-2-4-16(17)18/h2-5,10-11,15,22H,6-9,12-13H2,1H3,(H,23,24,26). The van der Waals surface area contributed by atoms with Crippen LogP contribution in [0.15, 0.2) is 41.1 Å². The summed E-state index contributed by atoms with van der Waals surface area (Å²) in [5, 5.41) is 7.66. The molecule has 1 fully saturated rings. The fraction of sp³-hybridized carbons (Fsp3) is 0.381. The molecular weight excluding hydrogens is 388 g/mol. The monoisotopic (exact) mass is 412 g/mol. The van der Waals surface area contributed by atoms with Gasteiger partial charge in [-0.3, -0.25) is 9.59 Å². The number of nitrogens with one attached hydrogen (secondary N) is 2. The molecule has 0 atom stereocenters. The zero-order valence-corrected chi connectivity index (χ0v) is 17.1. The summed E-state index contributed by atoms with van der Waals surface area (Å²) in [5.74, 6) is 1.94. The highest BCUT2D eigenvalue weighted by atomic mass is 32.2. The fourth-order valence-corrected chi connectivity index (χ4v) is 4.52. The molecule has 1 saturated heterocycles. The molecule has 7 nitrogen and oxygen atoms in total. The summed E-state index contributed by atoms with van der Waals surface area (Å²) in [4.78, 5) is 29.7. The van der Waals surface area contributed by atoms with Gasteiger partial charge in [0.25, 0.3) is 0 Å². The van der Waals surface area contributed by atoms with Crippen molar-refractivity contribution < 1.29 is 14.1 Å². The molecular formula is C21H24N4O3S. The Morgan fingerprint density at radius 1 is 1.28 bits per heavy atom. The number of aromatic nitrogens is 2. The van der Waals surface area contributed by atoms with Crippen molar-refractivity contribution in [1.82, 2.24) is 15.0 Å². The molecule has 1 aromatic carbocycles. The topological polar surface area (TPSA) is 91.2 Å². The van der Waals surface area contributed by atoms with E-state index in [9.17, 15) is 9.59 Å². The lowest BCUT2D eigenvalue weighted by Gasteiger charge is -2.32. The highest BCUT2D eigenvalue weighted by molar-refractivity contribution is 8.00. The van der Waals surface area contributed by atoms with Crippen molar-refractivity contribution in [3.8, 4) is 0 Å². The van der Waals surface area contributed by atoms with Crippen LogP contribution in [0, 0.1) is 6.92 Å². The van der Waals surface area contributed by atoms with Crippen LogP contribution in [0.4, 0.5) is 5.82 Å². The number of nitrogens with zero attached hydrogens (tertiary/aromatic N) is 2. The maximum atomic E-state index is 12.5. The number of carbonyl (C=O) groups excluding carboxylic acids is 2. The van der Waals surface area contributed by atoms with Crippen LogP contribution in [-0.4, -0.2) is 51.5 Å². The molecule has 2 amide bonds. The van der Waals surface area contributed by atoms with Crippen LogP contribution in [0.1, 0.15) is 30.1 Å². The summed E-state index contributed by atoms with van der Waals surface area (Å²) < 4.78 is 4.91. The van der Waals surface area contributed by atoms with E-state index in [0.29, 0.717) is 23.2 Å². The molecule has 1 aliphatic heterocycles. The van der Waals surface area contributed by atoms with Crippen molar-refractivity contribution >= 4 is 40.3 Å². The molecule has 2 N–H and O–H groups in total. The van der Waals surface area contributed by atoms with Crippen LogP contribution < -0.4 is 5.32 Å². The number of thioether (sulfide) groups is 1. The van der Waals surface area contributed by atoms with Gasteiger partial charge >= 0.3 is 0 Å². The Labute approximate surface area is 173 Å². The van der Waals surface area contributed by atoms with Crippen LogP contribution in [0.2, 0.25) is 0 Å². The van der Waals surface area contributed by atoms with Gasteiger partial charge < -0.3 is 19.7 Å². The van der Waals surface area contributed by atoms with Gasteiger partial charge in [0.1, 0.15) is 5.76 Å². The van der Waals surface area contributed by atoms with Gasteiger partial charge in [-0.25, -0.2) is 0 Å². The van der Waals surface area contributed by atoms with Crippen LogP contribution in [0.25, 0.3) is 10.9 Å². The van der Waals surface area contributed by atoms with Gasteiger partial charge in [-0.1, -0.05) is 23.4 Å². The lowest BCUT2D eigenvalue weighted by molar-refractivity contribution is -0.129. The molecule has 29 heavy (non-hydrogen) atoms. The third kappa shape index (κ3) is 4.64. The minimum atomic E-state index is -0.186. The van der Waals surface area contributed by atoms with Crippen molar-refractivity contribution in [3.63, 3.8) is 0 Å². The number of H-pyrrole nitrogens is 1. The molecule has 3 aromatic rings. The van der Waals surface area contributed by atoms with Crippen molar-refractivity contribution in [2.24, 2.45) is 0 Å². The zero-order chi connectivity index (χ0) is 20.2. The normalized spacial score (nSPS) is 15.0. The molecule has 0 saturated carbocycles. The van der Waals surface area contributed by atoms with E-state index in [-0.39, 0.29) is 17.6 Å². The van der Waals surface area contributed by atoms with E-state index in [2.05, 4.69) is 39.9 Å². The Hall–Kier alpha value is -2.74. The second-order valence-electron chi connectivity index (χ2n) is 7.31. The molecule has 0 spiro atoms. The van der Waals surface area contributed by atoms with Gasteiger partial charge in [0.05, 0.1) is 11.5 Å². The van der Waals surface area contributed by atoms with Crippen LogP contribution in [0.3, 0.4) is 0 Å². The average Bonchev–Trinajstić information content (AvgIpc) is 3.34. The second-order valence-corrected chi connectivity index (χ2v) is 8.29. The molecule has 1 aliphatic rings. The van der Waals surface area contributed by atoms with Crippen molar-refractivity contribution in [3.05, 3.63) is 47.9 Å². The summed E-state index contributed by atoms with van der Waals surface area (Å²) in [6, 6.07) is 10.0. The van der Waals surface area contributed by atoms with Crippen molar-refractivity contribution in [1.29, 1.82) is 0 Å². The highest BCUT2D eigenvalue weighted by Gasteiger charge is 2.25. The first kappa shape index (κ1) is 19.6. The summed E-state index contributed by atoms with van der Waals surface area (Å²) >= 11 is 1.32. The summed E-state index contributed by atoms with van der Waals surface area (Å²) in [6.07, 6.45) is 4.03. The summed E-state index contributed by atoms with van der Waals surface area (Å²) in [6.45, 7) is 3.28. The Balaban J connectivity index is 1.21. The lowest BCUT2D eigenvalue weighted by atomic mass is 9.89. The van der Waals surface area contributed by atoms with Gasteiger partial charge in [0.2, 0.25) is 11.8 Å². The molecule has 152 valence electrons. The van der Waals surface area contributed by atoms with E-state index in [1.54, 1.807) is 13.0 Å². The molecule has 3 heterocycles. The average molecular weight is 413 g/mol. The number of carbonyl (C=O) groups is 2. The third-order valence-electron chi connectivity index (χ3n) is 5.26. The van der Waals surface area contributed by atoms with Crippen molar-refractivity contribution in [2.75, 3.05) is 29.9 Å².